The molecule has 0 spiro atoms. The van der Waals surface area contributed by atoms with Crippen LogP contribution in [0.15, 0.2) is 21.3 Å². The van der Waals surface area contributed by atoms with Gasteiger partial charge in [0, 0.05) is 6.20 Å². The van der Waals surface area contributed by atoms with Crippen molar-refractivity contribution >= 4 is 49.2 Å². The monoisotopic (exact) mass is 336 g/mol. The quantitative estimate of drug-likeness (QED) is 0.916. The number of anilines is 1. The lowest BCUT2D eigenvalue weighted by Gasteiger charge is -1.97. The van der Waals surface area contributed by atoms with E-state index in [9.17, 15) is 0 Å². The Morgan fingerprint density at radius 2 is 2.21 bits per heavy atom. The number of halogens is 2. The van der Waals surface area contributed by atoms with Crippen LogP contribution in [0.3, 0.4) is 0 Å². The molecule has 2 aromatic rings. The zero-order chi connectivity index (χ0) is 10.1. The number of hydrogen-bond acceptors (Lipinski definition) is 4. The molecule has 7 heteroatoms. The predicted octanol–water partition coefficient (Wildman–Crippen LogP) is 2.50. The van der Waals surface area contributed by atoms with Gasteiger partial charge in [-0.3, -0.25) is 4.68 Å². The first kappa shape index (κ1) is 10.1. The van der Waals surface area contributed by atoms with E-state index in [1.54, 1.807) is 10.9 Å². The number of rotatable bonds is 2. The molecule has 0 fully saturated rings. The Hall–Kier alpha value is -0.400. The maximum atomic E-state index is 5.60. The van der Waals surface area contributed by atoms with Crippen LogP contribution in [-0.2, 0) is 6.54 Å². The Bertz CT molecular complexity index is 431. The largest absolute Gasteiger partial charge is 0.381 e. The van der Waals surface area contributed by atoms with Gasteiger partial charge in [-0.25, -0.2) is 0 Å². The summed E-state index contributed by atoms with van der Waals surface area (Å²) < 4.78 is 7.66. The number of nitrogen functional groups attached to an aromatic ring is 1. The fraction of sp³-hybridized carbons (Fsp3) is 0.143. The van der Waals surface area contributed by atoms with Gasteiger partial charge in [0.1, 0.15) is 0 Å². The smallest absolute Gasteiger partial charge is 0.159 e. The third-order valence-corrected chi connectivity index (χ3v) is 3.98. The molecule has 0 amide bonds. The highest BCUT2D eigenvalue weighted by molar-refractivity contribution is 9.11. The van der Waals surface area contributed by atoms with E-state index in [0.717, 1.165) is 13.8 Å². The fourth-order valence-electron chi connectivity index (χ4n) is 0.996. The highest BCUT2D eigenvalue weighted by Gasteiger charge is 2.06. The van der Waals surface area contributed by atoms with E-state index in [1.165, 1.54) is 11.5 Å². The number of nitrogens with zero attached hydrogens (tertiary/aromatic N) is 3. The van der Waals surface area contributed by atoms with Crippen molar-refractivity contribution in [1.82, 2.24) is 14.2 Å². The molecule has 2 rings (SSSR count). The predicted molar refractivity (Wildman–Crippen MR) is 63.3 cm³/mol. The maximum Gasteiger partial charge on any atom is 0.159 e. The van der Waals surface area contributed by atoms with E-state index in [0.29, 0.717) is 12.4 Å². The summed E-state index contributed by atoms with van der Waals surface area (Å²) in [6, 6.07) is 0. The van der Waals surface area contributed by atoms with E-state index in [-0.39, 0.29) is 0 Å². The van der Waals surface area contributed by atoms with Gasteiger partial charge in [-0.2, -0.15) is 9.47 Å². The number of aromatic nitrogens is 3. The van der Waals surface area contributed by atoms with Crippen molar-refractivity contribution in [1.29, 1.82) is 0 Å². The lowest BCUT2D eigenvalue weighted by Crippen LogP contribution is -1.99. The average Bonchev–Trinajstić information content (AvgIpc) is 2.63. The number of nitrogens with two attached hydrogens (primary N) is 1. The summed E-state index contributed by atoms with van der Waals surface area (Å²) in [5.74, 6) is 0.505. The Balaban J connectivity index is 2.23. The molecule has 0 saturated heterocycles. The first-order valence-electron chi connectivity index (χ1n) is 3.74. The van der Waals surface area contributed by atoms with Gasteiger partial charge < -0.3 is 5.73 Å². The molecule has 0 bridgehead atoms. The van der Waals surface area contributed by atoms with Crippen LogP contribution in [0, 0.1) is 0 Å². The van der Waals surface area contributed by atoms with Gasteiger partial charge in [0.25, 0.3) is 0 Å². The van der Waals surface area contributed by atoms with Gasteiger partial charge in [0.05, 0.1) is 26.6 Å². The van der Waals surface area contributed by atoms with Crippen LogP contribution in [0.5, 0.6) is 0 Å². The molecule has 14 heavy (non-hydrogen) atoms. The maximum absolute atomic E-state index is 5.60. The van der Waals surface area contributed by atoms with E-state index >= 15 is 0 Å². The van der Waals surface area contributed by atoms with Crippen LogP contribution < -0.4 is 5.73 Å². The van der Waals surface area contributed by atoms with Crippen LogP contribution in [0.4, 0.5) is 5.82 Å². The molecule has 2 heterocycles. The highest BCUT2D eigenvalue weighted by Crippen LogP contribution is 2.22. The Morgan fingerprint density at radius 3 is 2.71 bits per heavy atom. The first-order chi connectivity index (χ1) is 6.66. The van der Waals surface area contributed by atoms with Crippen molar-refractivity contribution < 1.29 is 0 Å². The van der Waals surface area contributed by atoms with Crippen molar-refractivity contribution in [3.63, 3.8) is 0 Å². The average molecular weight is 338 g/mol. The third kappa shape index (κ3) is 1.99. The zero-order valence-corrected chi connectivity index (χ0v) is 10.9. The van der Waals surface area contributed by atoms with Crippen LogP contribution in [0.2, 0.25) is 0 Å². The van der Waals surface area contributed by atoms with Crippen LogP contribution >= 0.6 is 43.4 Å². The standard InChI is InChI=1S/C7H6Br2N4S/c8-4-1-11-14-6(4)3-13-2-5(9)7(10)12-13/h1-2H,3H2,(H2,10,12). The second kappa shape index (κ2) is 4.00. The fourth-order valence-corrected chi connectivity index (χ4v) is 2.51. The summed E-state index contributed by atoms with van der Waals surface area (Å²) in [7, 11) is 0. The molecule has 74 valence electrons. The third-order valence-electron chi connectivity index (χ3n) is 1.64. The summed E-state index contributed by atoms with van der Waals surface area (Å²) in [5, 5.41) is 4.13. The van der Waals surface area contributed by atoms with Crippen molar-refractivity contribution in [2.45, 2.75) is 6.54 Å². The van der Waals surface area contributed by atoms with E-state index in [4.69, 9.17) is 5.73 Å². The molecular formula is C7H6Br2N4S. The summed E-state index contributed by atoms with van der Waals surface area (Å²) in [4.78, 5) is 1.13. The molecule has 4 nitrogen and oxygen atoms in total. The summed E-state index contributed by atoms with van der Waals surface area (Å²) >= 11 is 8.16. The molecule has 0 unspecified atom stereocenters. The number of hydrogen-bond donors (Lipinski definition) is 1. The molecule has 0 aliphatic carbocycles. The summed E-state index contributed by atoms with van der Waals surface area (Å²) in [6.07, 6.45) is 3.63. The van der Waals surface area contributed by atoms with E-state index in [2.05, 4.69) is 41.3 Å². The van der Waals surface area contributed by atoms with Crippen LogP contribution in [0.25, 0.3) is 0 Å². The summed E-state index contributed by atoms with van der Waals surface area (Å²) in [5.41, 5.74) is 5.60. The zero-order valence-electron chi connectivity index (χ0n) is 6.94. The minimum atomic E-state index is 0.505. The van der Waals surface area contributed by atoms with Gasteiger partial charge in [-0.05, 0) is 43.4 Å². The minimum Gasteiger partial charge on any atom is -0.381 e. The Morgan fingerprint density at radius 1 is 1.43 bits per heavy atom. The van der Waals surface area contributed by atoms with Crippen molar-refractivity contribution in [2.24, 2.45) is 0 Å². The van der Waals surface area contributed by atoms with Crippen molar-refractivity contribution in [2.75, 3.05) is 5.73 Å². The molecular weight excluding hydrogens is 332 g/mol. The van der Waals surface area contributed by atoms with Crippen LogP contribution in [0.1, 0.15) is 4.88 Å². The van der Waals surface area contributed by atoms with Gasteiger partial charge in [0.2, 0.25) is 0 Å². The normalized spacial score (nSPS) is 10.7. The summed E-state index contributed by atoms with van der Waals surface area (Å²) in [6.45, 7) is 0.682. The van der Waals surface area contributed by atoms with Gasteiger partial charge in [0.15, 0.2) is 5.82 Å². The molecule has 0 aromatic carbocycles. The molecule has 0 radical (unpaired) electrons. The molecule has 2 N–H and O–H groups in total. The molecule has 2 aromatic heterocycles. The highest BCUT2D eigenvalue weighted by atomic mass is 79.9. The molecule has 0 saturated carbocycles. The van der Waals surface area contributed by atoms with Gasteiger partial charge in [-0.15, -0.1) is 0 Å². The Labute approximate surface area is 102 Å². The molecule has 0 atom stereocenters. The first-order valence-corrected chi connectivity index (χ1v) is 6.10. The topological polar surface area (TPSA) is 56.7 Å². The van der Waals surface area contributed by atoms with Crippen LogP contribution in [-0.4, -0.2) is 14.2 Å². The van der Waals surface area contributed by atoms with Crippen molar-refractivity contribution in [3.05, 3.63) is 26.2 Å². The molecule has 0 aliphatic heterocycles. The van der Waals surface area contributed by atoms with E-state index in [1.807, 2.05) is 6.20 Å². The lowest BCUT2D eigenvalue weighted by molar-refractivity contribution is 0.696. The second-order valence-corrected chi connectivity index (χ2v) is 5.25. The van der Waals surface area contributed by atoms with Gasteiger partial charge in [-0.1, -0.05) is 0 Å². The SMILES string of the molecule is Nc1nn(Cc2sncc2Br)cc1Br. The van der Waals surface area contributed by atoms with Crippen molar-refractivity contribution in [3.8, 4) is 0 Å². The Kier molecular flexibility index (Phi) is 2.89. The van der Waals surface area contributed by atoms with Gasteiger partial charge >= 0.3 is 0 Å². The molecule has 0 aliphatic rings. The lowest BCUT2D eigenvalue weighted by atomic mass is 10.5. The van der Waals surface area contributed by atoms with E-state index < -0.39 is 0 Å². The second-order valence-electron chi connectivity index (χ2n) is 2.66. The minimum absolute atomic E-state index is 0.505.